The molecule has 0 saturated heterocycles. The fourth-order valence-corrected chi connectivity index (χ4v) is 5.48. The maximum atomic E-state index is 10.9. The van der Waals surface area contributed by atoms with Gasteiger partial charge >= 0.3 is 0 Å². The molecule has 0 bridgehead atoms. The van der Waals surface area contributed by atoms with Crippen molar-refractivity contribution in [1.82, 2.24) is 0 Å². The topological polar surface area (TPSA) is 29.5 Å². The second-order valence-corrected chi connectivity index (χ2v) is 8.51. The highest BCUT2D eigenvalue weighted by Crippen LogP contribution is 2.52. The van der Waals surface area contributed by atoms with Crippen molar-refractivity contribution in [3.63, 3.8) is 0 Å². The third-order valence-electron chi connectivity index (χ3n) is 5.41. The van der Waals surface area contributed by atoms with Gasteiger partial charge in [-0.05, 0) is 59.5 Å². The highest BCUT2D eigenvalue weighted by Gasteiger charge is 2.23. The zero-order valence-electron chi connectivity index (χ0n) is 15.5. The first-order valence-corrected chi connectivity index (χ1v) is 10.8. The van der Waals surface area contributed by atoms with Crippen molar-refractivity contribution in [2.24, 2.45) is 0 Å². The predicted octanol–water partition coefficient (Wildman–Crippen LogP) is 8.05. The van der Waals surface area contributed by atoms with Gasteiger partial charge in [-0.3, -0.25) is 0 Å². The summed E-state index contributed by atoms with van der Waals surface area (Å²) in [5, 5.41) is 17.4. The Labute approximate surface area is 185 Å². The summed E-state index contributed by atoms with van der Waals surface area (Å²) in [5.41, 5.74) is 1.88. The van der Waals surface area contributed by atoms with E-state index in [1.165, 1.54) is 0 Å². The van der Waals surface area contributed by atoms with Gasteiger partial charge < -0.3 is 9.84 Å². The van der Waals surface area contributed by atoms with E-state index in [1.807, 2.05) is 30.3 Å². The standard InChI is InChI=1S/C25H16Br2O2/c1-29-19-13-11-15-7-3-5-9-17(15)21(19)22-20-16-8-4-2-6-14(16)10-12-18(20)23(26)25(28)24(22)27/h2-13,28H,1H3. The average Bonchev–Trinajstić information content (AvgIpc) is 2.77. The Hall–Kier alpha value is -2.56. The first-order chi connectivity index (χ1) is 14.1. The molecule has 5 aromatic rings. The minimum atomic E-state index is 0.178. The normalized spacial score (nSPS) is 11.4. The molecule has 142 valence electrons. The number of halogens is 2. The molecule has 1 N–H and O–H groups in total. The molecule has 5 aromatic carbocycles. The van der Waals surface area contributed by atoms with Crippen LogP contribution >= 0.6 is 31.9 Å². The summed E-state index contributed by atoms with van der Waals surface area (Å²) >= 11 is 7.29. The van der Waals surface area contributed by atoms with Gasteiger partial charge in [-0.1, -0.05) is 66.7 Å². The van der Waals surface area contributed by atoms with Crippen molar-refractivity contribution in [3.05, 3.63) is 81.7 Å². The summed E-state index contributed by atoms with van der Waals surface area (Å²) in [6.07, 6.45) is 0. The molecule has 0 radical (unpaired) electrons. The maximum Gasteiger partial charge on any atom is 0.145 e. The smallest absolute Gasteiger partial charge is 0.145 e. The second kappa shape index (κ2) is 7.05. The quantitative estimate of drug-likeness (QED) is 0.245. The zero-order valence-corrected chi connectivity index (χ0v) is 18.7. The first kappa shape index (κ1) is 18.5. The van der Waals surface area contributed by atoms with E-state index in [2.05, 4.69) is 74.3 Å². The van der Waals surface area contributed by atoms with Crippen LogP contribution in [0.4, 0.5) is 0 Å². The summed E-state index contributed by atoms with van der Waals surface area (Å²) in [6, 6.07) is 24.7. The fourth-order valence-electron chi connectivity index (χ4n) is 4.09. The molecule has 0 saturated carbocycles. The van der Waals surface area contributed by atoms with E-state index < -0.39 is 0 Å². The first-order valence-electron chi connectivity index (χ1n) is 9.19. The zero-order chi connectivity index (χ0) is 20.1. The molecule has 0 fully saturated rings. The van der Waals surface area contributed by atoms with Gasteiger partial charge in [0, 0.05) is 21.9 Å². The number of rotatable bonds is 2. The van der Waals surface area contributed by atoms with Crippen LogP contribution in [-0.4, -0.2) is 12.2 Å². The summed E-state index contributed by atoms with van der Waals surface area (Å²) in [4.78, 5) is 0. The number of hydrogen-bond acceptors (Lipinski definition) is 2. The highest BCUT2D eigenvalue weighted by atomic mass is 79.9. The van der Waals surface area contributed by atoms with Crippen LogP contribution in [0.1, 0.15) is 0 Å². The monoisotopic (exact) mass is 506 g/mol. The number of aromatic hydroxyl groups is 1. The maximum absolute atomic E-state index is 10.9. The van der Waals surface area contributed by atoms with Crippen molar-refractivity contribution in [2.75, 3.05) is 7.11 Å². The molecule has 4 heteroatoms. The van der Waals surface area contributed by atoms with Crippen molar-refractivity contribution in [3.8, 4) is 22.6 Å². The van der Waals surface area contributed by atoms with Gasteiger partial charge in [0.15, 0.2) is 0 Å². The Morgan fingerprint density at radius 3 is 2.00 bits per heavy atom. The molecule has 0 aromatic heterocycles. The largest absolute Gasteiger partial charge is 0.506 e. The lowest BCUT2D eigenvalue weighted by atomic mass is 9.90. The molecule has 29 heavy (non-hydrogen) atoms. The van der Waals surface area contributed by atoms with Gasteiger partial charge in [-0.25, -0.2) is 0 Å². The molecule has 2 nitrogen and oxygen atoms in total. The molecule has 0 aliphatic carbocycles. The Morgan fingerprint density at radius 2 is 1.28 bits per heavy atom. The molecule has 0 aliphatic rings. The van der Waals surface area contributed by atoms with Crippen molar-refractivity contribution >= 4 is 64.2 Å². The lowest BCUT2D eigenvalue weighted by Gasteiger charge is -2.19. The number of phenols is 1. The number of methoxy groups -OCH3 is 1. The van der Waals surface area contributed by atoms with Gasteiger partial charge in [0.25, 0.3) is 0 Å². The molecule has 0 heterocycles. The fraction of sp³-hybridized carbons (Fsp3) is 0.0400. The number of phenolic OH excluding ortho intramolecular Hbond substituents is 1. The van der Waals surface area contributed by atoms with Gasteiger partial charge in [-0.2, -0.15) is 0 Å². The van der Waals surface area contributed by atoms with E-state index in [0.717, 1.165) is 49.2 Å². The molecular weight excluding hydrogens is 492 g/mol. The number of ether oxygens (including phenoxy) is 1. The van der Waals surface area contributed by atoms with Crippen molar-refractivity contribution in [2.45, 2.75) is 0 Å². The Balaban J connectivity index is 2.10. The van der Waals surface area contributed by atoms with Gasteiger partial charge in [0.2, 0.25) is 0 Å². The average molecular weight is 508 g/mol. The molecule has 0 spiro atoms. The van der Waals surface area contributed by atoms with E-state index in [4.69, 9.17) is 4.74 Å². The second-order valence-electron chi connectivity index (χ2n) is 6.92. The van der Waals surface area contributed by atoms with Crippen molar-refractivity contribution < 1.29 is 9.84 Å². The molecular formula is C25H16Br2O2. The third kappa shape index (κ3) is 2.74. The minimum Gasteiger partial charge on any atom is -0.506 e. The SMILES string of the molecule is COc1ccc2ccccc2c1-c1c(Br)c(O)c(Br)c2ccc3ccccc3c12. The summed E-state index contributed by atoms with van der Waals surface area (Å²) in [7, 11) is 1.68. The van der Waals surface area contributed by atoms with Crippen LogP contribution in [0.3, 0.4) is 0 Å². The van der Waals surface area contributed by atoms with E-state index in [-0.39, 0.29) is 5.75 Å². The van der Waals surface area contributed by atoms with Gasteiger partial charge in [0.1, 0.15) is 11.5 Å². The lowest BCUT2D eigenvalue weighted by Crippen LogP contribution is -1.94. The molecule has 0 unspecified atom stereocenters. The van der Waals surface area contributed by atoms with Crippen LogP contribution in [0, 0.1) is 0 Å². The summed E-state index contributed by atoms with van der Waals surface area (Å²) in [6.45, 7) is 0. The molecule has 0 amide bonds. The Bertz CT molecular complexity index is 1420. The number of benzene rings is 5. The third-order valence-corrected chi connectivity index (χ3v) is 6.99. The molecule has 0 atom stereocenters. The Morgan fingerprint density at radius 1 is 0.655 bits per heavy atom. The van der Waals surface area contributed by atoms with E-state index in [0.29, 0.717) is 8.95 Å². The van der Waals surface area contributed by atoms with Gasteiger partial charge in [-0.15, -0.1) is 0 Å². The van der Waals surface area contributed by atoms with Crippen molar-refractivity contribution in [1.29, 1.82) is 0 Å². The van der Waals surface area contributed by atoms with Gasteiger partial charge in [0.05, 0.1) is 16.1 Å². The van der Waals surface area contributed by atoms with Crippen LogP contribution in [0.15, 0.2) is 81.7 Å². The summed E-state index contributed by atoms with van der Waals surface area (Å²) in [5.74, 6) is 0.943. The number of hydrogen-bond donors (Lipinski definition) is 1. The van der Waals surface area contributed by atoms with Crippen LogP contribution in [-0.2, 0) is 0 Å². The lowest BCUT2D eigenvalue weighted by molar-refractivity contribution is 0.417. The molecule has 5 rings (SSSR count). The van der Waals surface area contributed by atoms with Crippen LogP contribution < -0.4 is 4.74 Å². The van der Waals surface area contributed by atoms with E-state index in [1.54, 1.807) is 7.11 Å². The van der Waals surface area contributed by atoms with Crippen LogP contribution in [0.25, 0.3) is 43.4 Å². The van der Waals surface area contributed by atoms with E-state index >= 15 is 0 Å². The minimum absolute atomic E-state index is 0.178. The molecule has 0 aliphatic heterocycles. The summed E-state index contributed by atoms with van der Waals surface area (Å²) < 4.78 is 7.10. The Kier molecular flexibility index (Phi) is 4.49. The van der Waals surface area contributed by atoms with Crippen LogP contribution in [0.2, 0.25) is 0 Å². The van der Waals surface area contributed by atoms with Crippen LogP contribution in [0.5, 0.6) is 11.5 Å². The number of fused-ring (bicyclic) bond motifs is 4. The highest BCUT2D eigenvalue weighted by molar-refractivity contribution is 9.11. The predicted molar refractivity (Wildman–Crippen MR) is 128 cm³/mol. The van der Waals surface area contributed by atoms with E-state index in [9.17, 15) is 5.11 Å².